The Morgan fingerprint density at radius 1 is 1.32 bits per heavy atom. The SMILES string of the molecule is CCCc1nc(COc2ccc(C)nc2CN)no1. The van der Waals surface area contributed by atoms with Gasteiger partial charge in [0, 0.05) is 18.7 Å². The molecule has 0 fully saturated rings. The lowest BCUT2D eigenvalue weighted by Gasteiger charge is -2.08. The summed E-state index contributed by atoms with van der Waals surface area (Å²) in [7, 11) is 0. The number of nitrogens with zero attached hydrogens (tertiary/aromatic N) is 3. The third-order valence-electron chi connectivity index (χ3n) is 2.60. The van der Waals surface area contributed by atoms with Crippen molar-refractivity contribution < 1.29 is 9.26 Å². The van der Waals surface area contributed by atoms with E-state index < -0.39 is 0 Å². The molecule has 19 heavy (non-hydrogen) atoms. The fourth-order valence-corrected chi connectivity index (χ4v) is 1.68. The monoisotopic (exact) mass is 262 g/mol. The first kappa shape index (κ1) is 13.5. The van der Waals surface area contributed by atoms with Gasteiger partial charge in [0.1, 0.15) is 5.75 Å². The van der Waals surface area contributed by atoms with Crippen LogP contribution in [0.3, 0.4) is 0 Å². The molecule has 6 heteroatoms. The van der Waals surface area contributed by atoms with E-state index >= 15 is 0 Å². The summed E-state index contributed by atoms with van der Waals surface area (Å²) in [6.45, 7) is 4.57. The number of ether oxygens (including phenoxy) is 1. The lowest BCUT2D eigenvalue weighted by molar-refractivity contribution is 0.281. The first-order valence-corrected chi connectivity index (χ1v) is 6.33. The summed E-state index contributed by atoms with van der Waals surface area (Å²) in [6, 6.07) is 3.74. The Kier molecular flexibility index (Phi) is 4.46. The third-order valence-corrected chi connectivity index (χ3v) is 2.60. The van der Waals surface area contributed by atoms with E-state index in [2.05, 4.69) is 22.0 Å². The highest BCUT2D eigenvalue weighted by Gasteiger charge is 2.08. The highest BCUT2D eigenvalue weighted by atomic mass is 16.5. The van der Waals surface area contributed by atoms with E-state index in [1.807, 2.05) is 19.1 Å². The average Bonchev–Trinajstić information content (AvgIpc) is 2.85. The predicted octanol–water partition coefficient (Wildman–Crippen LogP) is 1.76. The molecule has 2 heterocycles. The van der Waals surface area contributed by atoms with Crippen molar-refractivity contribution in [2.45, 2.75) is 39.8 Å². The number of nitrogens with two attached hydrogens (primary N) is 1. The summed E-state index contributed by atoms with van der Waals surface area (Å²) in [5, 5.41) is 3.86. The molecule has 0 unspecified atom stereocenters. The molecule has 6 nitrogen and oxygen atoms in total. The largest absolute Gasteiger partial charge is 0.484 e. The van der Waals surface area contributed by atoms with E-state index in [1.54, 1.807) is 0 Å². The minimum atomic E-state index is 0.255. The lowest BCUT2D eigenvalue weighted by Crippen LogP contribution is -2.06. The van der Waals surface area contributed by atoms with Crippen LogP contribution in [-0.4, -0.2) is 15.1 Å². The van der Waals surface area contributed by atoms with Crippen molar-refractivity contribution in [2.75, 3.05) is 0 Å². The minimum absolute atomic E-state index is 0.255. The molecule has 102 valence electrons. The molecule has 0 amide bonds. The minimum Gasteiger partial charge on any atom is -0.484 e. The Bertz CT molecular complexity index is 539. The van der Waals surface area contributed by atoms with Gasteiger partial charge < -0.3 is 15.0 Å². The zero-order chi connectivity index (χ0) is 13.7. The number of pyridine rings is 1. The summed E-state index contributed by atoms with van der Waals surface area (Å²) < 4.78 is 10.7. The second kappa shape index (κ2) is 6.29. The molecule has 2 rings (SSSR count). The van der Waals surface area contributed by atoms with E-state index in [9.17, 15) is 0 Å². The molecule has 2 N–H and O–H groups in total. The normalized spacial score (nSPS) is 10.7. The zero-order valence-electron chi connectivity index (χ0n) is 11.2. The predicted molar refractivity (Wildman–Crippen MR) is 69.5 cm³/mol. The standard InChI is InChI=1S/C13H18N4O2/c1-3-4-13-16-12(17-19-13)8-18-11-6-5-9(2)15-10(11)7-14/h5-6H,3-4,7-8,14H2,1-2H3. The molecule has 0 aromatic carbocycles. The third kappa shape index (κ3) is 3.51. The maximum atomic E-state index is 5.64. The highest BCUT2D eigenvalue weighted by molar-refractivity contribution is 5.29. The molecule has 0 saturated heterocycles. The Morgan fingerprint density at radius 3 is 2.89 bits per heavy atom. The summed E-state index contributed by atoms with van der Waals surface area (Å²) in [5.74, 6) is 1.84. The molecule has 0 radical (unpaired) electrons. The fraction of sp³-hybridized carbons (Fsp3) is 0.462. The maximum Gasteiger partial charge on any atom is 0.226 e. The van der Waals surface area contributed by atoms with Gasteiger partial charge in [-0.3, -0.25) is 4.98 Å². The Balaban J connectivity index is 2.01. The van der Waals surface area contributed by atoms with Gasteiger partial charge in [-0.15, -0.1) is 0 Å². The fourth-order valence-electron chi connectivity index (χ4n) is 1.68. The second-order valence-corrected chi connectivity index (χ2v) is 4.24. The van der Waals surface area contributed by atoms with Gasteiger partial charge in [-0.05, 0) is 25.5 Å². The summed E-state index contributed by atoms with van der Waals surface area (Å²) >= 11 is 0. The summed E-state index contributed by atoms with van der Waals surface area (Å²) in [5.41, 5.74) is 7.29. The molecule has 0 atom stereocenters. The number of rotatable bonds is 6. The van der Waals surface area contributed by atoms with Crippen LogP contribution in [0.25, 0.3) is 0 Å². The van der Waals surface area contributed by atoms with Crippen molar-refractivity contribution in [1.29, 1.82) is 0 Å². The Labute approximate surface area is 112 Å². The van der Waals surface area contributed by atoms with Gasteiger partial charge in [0.15, 0.2) is 6.61 Å². The van der Waals surface area contributed by atoms with Crippen molar-refractivity contribution >= 4 is 0 Å². The van der Waals surface area contributed by atoms with Crippen LogP contribution in [0.5, 0.6) is 5.75 Å². The van der Waals surface area contributed by atoms with E-state index in [-0.39, 0.29) is 6.61 Å². The van der Waals surface area contributed by atoms with Crippen molar-refractivity contribution in [3.8, 4) is 5.75 Å². The summed E-state index contributed by atoms with van der Waals surface area (Å²) in [6.07, 6.45) is 1.76. The molecule has 0 aliphatic heterocycles. The van der Waals surface area contributed by atoms with Gasteiger partial charge in [0.25, 0.3) is 0 Å². The van der Waals surface area contributed by atoms with Crippen LogP contribution in [0.4, 0.5) is 0 Å². The van der Waals surface area contributed by atoms with Crippen molar-refractivity contribution in [3.63, 3.8) is 0 Å². The number of hydrogen-bond donors (Lipinski definition) is 1. The van der Waals surface area contributed by atoms with Crippen molar-refractivity contribution in [3.05, 3.63) is 35.2 Å². The molecule has 0 aliphatic rings. The number of aromatic nitrogens is 3. The highest BCUT2D eigenvalue weighted by Crippen LogP contribution is 2.17. The Morgan fingerprint density at radius 2 is 2.16 bits per heavy atom. The van der Waals surface area contributed by atoms with Crippen LogP contribution < -0.4 is 10.5 Å². The molecule has 0 saturated carbocycles. The Hall–Kier alpha value is -1.95. The van der Waals surface area contributed by atoms with Gasteiger partial charge >= 0.3 is 0 Å². The maximum absolute atomic E-state index is 5.64. The van der Waals surface area contributed by atoms with E-state index in [0.717, 1.165) is 24.2 Å². The van der Waals surface area contributed by atoms with E-state index in [0.29, 0.717) is 24.0 Å². The molecule has 2 aromatic heterocycles. The van der Waals surface area contributed by atoms with E-state index in [4.69, 9.17) is 15.0 Å². The molecule has 0 bridgehead atoms. The van der Waals surface area contributed by atoms with Crippen LogP contribution in [-0.2, 0) is 19.6 Å². The average molecular weight is 262 g/mol. The molecule has 2 aromatic rings. The van der Waals surface area contributed by atoms with Gasteiger partial charge in [0.05, 0.1) is 5.69 Å². The van der Waals surface area contributed by atoms with Crippen LogP contribution in [0, 0.1) is 6.92 Å². The second-order valence-electron chi connectivity index (χ2n) is 4.24. The topological polar surface area (TPSA) is 87.1 Å². The summed E-state index contributed by atoms with van der Waals surface area (Å²) in [4.78, 5) is 8.56. The van der Waals surface area contributed by atoms with Crippen LogP contribution in [0.1, 0.15) is 36.4 Å². The number of aryl methyl sites for hydroxylation is 2. The lowest BCUT2D eigenvalue weighted by atomic mass is 10.3. The van der Waals surface area contributed by atoms with Gasteiger partial charge in [-0.1, -0.05) is 12.1 Å². The van der Waals surface area contributed by atoms with Crippen LogP contribution in [0.15, 0.2) is 16.7 Å². The van der Waals surface area contributed by atoms with Crippen LogP contribution in [0.2, 0.25) is 0 Å². The zero-order valence-corrected chi connectivity index (χ0v) is 11.2. The molecule has 0 spiro atoms. The molecule has 0 aliphatic carbocycles. The van der Waals surface area contributed by atoms with E-state index in [1.165, 1.54) is 0 Å². The van der Waals surface area contributed by atoms with Gasteiger partial charge in [0.2, 0.25) is 11.7 Å². The molecular formula is C13H18N4O2. The van der Waals surface area contributed by atoms with Crippen molar-refractivity contribution in [2.24, 2.45) is 5.73 Å². The smallest absolute Gasteiger partial charge is 0.226 e. The first-order chi connectivity index (χ1) is 9.22. The quantitative estimate of drug-likeness (QED) is 0.853. The van der Waals surface area contributed by atoms with Crippen LogP contribution >= 0.6 is 0 Å². The number of hydrogen-bond acceptors (Lipinski definition) is 6. The van der Waals surface area contributed by atoms with Gasteiger partial charge in [-0.25, -0.2) is 0 Å². The first-order valence-electron chi connectivity index (χ1n) is 6.33. The molecular weight excluding hydrogens is 244 g/mol. The van der Waals surface area contributed by atoms with Crippen molar-refractivity contribution in [1.82, 2.24) is 15.1 Å². The van der Waals surface area contributed by atoms with Gasteiger partial charge in [-0.2, -0.15) is 4.98 Å².